The maximum Gasteiger partial charge on any atom is 0.416 e. The third kappa shape index (κ3) is 5.62. The van der Waals surface area contributed by atoms with Gasteiger partial charge in [-0.05, 0) is 30.3 Å². The molecule has 0 radical (unpaired) electrons. The van der Waals surface area contributed by atoms with E-state index in [1.165, 1.54) is 12.1 Å². The number of aromatic nitrogens is 2. The Labute approximate surface area is 177 Å². The van der Waals surface area contributed by atoms with Crippen LogP contribution < -0.4 is 10.6 Å². The number of carbonyl (C=O) groups excluding carboxylic acids is 2. The zero-order valence-corrected chi connectivity index (χ0v) is 17.2. The van der Waals surface area contributed by atoms with Gasteiger partial charge < -0.3 is 15.2 Å². The number of para-hydroxylation sites is 2. The van der Waals surface area contributed by atoms with Gasteiger partial charge in [0.1, 0.15) is 12.4 Å². The Kier molecular flexibility index (Phi) is 6.62. The van der Waals surface area contributed by atoms with Crippen LogP contribution in [0.25, 0.3) is 11.0 Å². The highest BCUT2D eigenvalue weighted by atomic mass is 19.4. The Morgan fingerprint density at radius 2 is 1.84 bits per heavy atom. The molecule has 0 unspecified atom stereocenters. The van der Waals surface area contributed by atoms with E-state index in [9.17, 15) is 22.8 Å². The lowest BCUT2D eigenvalue weighted by Gasteiger charge is -2.12. The fourth-order valence-electron chi connectivity index (χ4n) is 3.11. The predicted molar refractivity (Wildman–Crippen MR) is 111 cm³/mol. The molecule has 0 spiro atoms. The number of carbonyl (C=O) groups is 2. The molecule has 0 bridgehead atoms. The fourth-order valence-corrected chi connectivity index (χ4v) is 3.11. The molecule has 1 heterocycles. The Bertz CT molecular complexity index is 1090. The highest BCUT2D eigenvalue weighted by Crippen LogP contribution is 2.30. The molecule has 3 rings (SSSR count). The second kappa shape index (κ2) is 9.20. The second-order valence-electron chi connectivity index (χ2n) is 7.43. The topological polar surface area (TPSA) is 76.0 Å². The van der Waals surface area contributed by atoms with Gasteiger partial charge in [0.05, 0.1) is 16.6 Å². The van der Waals surface area contributed by atoms with Gasteiger partial charge in [-0.2, -0.15) is 13.2 Å². The highest BCUT2D eigenvalue weighted by Gasteiger charge is 2.30. The quantitative estimate of drug-likeness (QED) is 0.592. The average Bonchev–Trinajstić information content (AvgIpc) is 3.04. The van der Waals surface area contributed by atoms with Gasteiger partial charge in [-0.15, -0.1) is 0 Å². The van der Waals surface area contributed by atoms with Crippen molar-refractivity contribution < 1.29 is 22.8 Å². The molecule has 0 saturated carbocycles. The number of alkyl halides is 3. The molecule has 31 heavy (non-hydrogen) atoms. The molecule has 164 valence electrons. The summed E-state index contributed by atoms with van der Waals surface area (Å²) in [6.45, 7) is 3.82. The number of anilines is 1. The number of imidazole rings is 1. The van der Waals surface area contributed by atoms with Gasteiger partial charge in [0, 0.05) is 24.6 Å². The van der Waals surface area contributed by atoms with Gasteiger partial charge in [-0.3, -0.25) is 9.59 Å². The van der Waals surface area contributed by atoms with Crippen LogP contribution in [0.2, 0.25) is 0 Å². The minimum absolute atomic E-state index is 0.0648. The first-order valence-corrected chi connectivity index (χ1v) is 9.84. The number of rotatable bonds is 7. The number of amides is 2. The zero-order chi connectivity index (χ0) is 22.6. The van der Waals surface area contributed by atoms with Crippen LogP contribution in [0.5, 0.6) is 0 Å². The molecule has 0 fully saturated rings. The SMILES string of the molecule is CC(C)C(=O)NCCc1nc2ccccc2n1CC(=O)Nc1cccc(C(F)(F)F)c1. The van der Waals surface area contributed by atoms with Crippen molar-refractivity contribution in [2.24, 2.45) is 5.92 Å². The van der Waals surface area contributed by atoms with E-state index in [4.69, 9.17) is 0 Å². The normalized spacial score (nSPS) is 11.7. The first-order chi connectivity index (χ1) is 14.6. The molecule has 3 aromatic rings. The summed E-state index contributed by atoms with van der Waals surface area (Å²) in [5, 5.41) is 5.33. The molecule has 0 aliphatic heterocycles. The monoisotopic (exact) mass is 432 g/mol. The van der Waals surface area contributed by atoms with Crippen molar-refractivity contribution >= 4 is 28.5 Å². The van der Waals surface area contributed by atoms with Gasteiger partial charge in [0.2, 0.25) is 11.8 Å². The number of benzene rings is 2. The van der Waals surface area contributed by atoms with E-state index in [2.05, 4.69) is 15.6 Å². The van der Waals surface area contributed by atoms with Crippen molar-refractivity contribution in [3.8, 4) is 0 Å². The van der Waals surface area contributed by atoms with E-state index >= 15 is 0 Å². The zero-order valence-electron chi connectivity index (χ0n) is 17.2. The van der Waals surface area contributed by atoms with E-state index in [-0.39, 0.29) is 24.1 Å². The lowest BCUT2D eigenvalue weighted by molar-refractivity contribution is -0.137. The predicted octanol–water partition coefficient (Wildman–Crippen LogP) is 4.01. The summed E-state index contributed by atoms with van der Waals surface area (Å²) in [6.07, 6.45) is -4.08. The molecule has 0 aliphatic rings. The molecule has 2 aromatic carbocycles. The molecular weight excluding hydrogens is 409 g/mol. The minimum Gasteiger partial charge on any atom is -0.355 e. The molecule has 1 aromatic heterocycles. The van der Waals surface area contributed by atoms with Crippen LogP contribution >= 0.6 is 0 Å². The lowest BCUT2D eigenvalue weighted by Crippen LogP contribution is -2.30. The maximum atomic E-state index is 12.9. The van der Waals surface area contributed by atoms with Crippen LogP contribution in [0, 0.1) is 5.92 Å². The summed E-state index contributed by atoms with van der Waals surface area (Å²) in [6, 6.07) is 11.8. The maximum absolute atomic E-state index is 12.9. The Morgan fingerprint density at radius 3 is 2.55 bits per heavy atom. The highest BCUT2D eigenvalue weighted by molar-refractivity contribution is 5.91. The number of nitrogens with one attached hydrogen (secondary N) is 2. The first-order valence-electron chi connectivity index (χ1n) is 9.84. The van der Waals surface area contributed by atoms with E-state index in [0.29, 0.717) is 24.3 Å². The van der Waals surface area contributed by atoms with Crippen molar-refractivity contribution in [3.63, 3.8) is 0 Å². The number of hydrogen-bond acceptors (Lipinski definition) is 3. The molecule has 0 saturated heterocycles. The van der Waals surface area contributed by atoms with Crippen molar-refractivity contribution in [1.29, 1.82) is 0 Å². The van der Waals surface area contributed by atoms with Gasteiger partial charge in [0.25, 0.3) is 0 Å². The number of nitrogens with zero attached hydrogens (tertiary/aromatic N) is 2. The first kappa shape index (κ1) is 22.3. The molecule has 2 N–H and O–H groups in total. The number of fused-ring (bicyclic) bond motifs is 1. The molecule has 0 atom stereocenters. The second-order valence-corrected chi connectivity index (χ2v) is 7.43. The van der Waals surface area contributed by atoms with Crippen molar-refractivity contribution in [3.05, 3.63) is 59.9 Å². The molecule has 6 nitrogen and oxygen atoms in total. The number of halogens is 3. The van der Waals surface area contributed by atoms with Crippen LogP contribution in [-0.4, -0.2) is 27.9 Å². The molecule has 9 heteroatoms. The summed E-state index contributed by atoms with van der Waals surface area (Å²) in [5.41, 5.74) is 0.654. The van der Waals surface area contributed by atoms with Gasteiger partial charge in [-0.1, -0.05) is 32.0 Å². The van der Waals surface area contributed by atoms with Gasteiger partial charge in [-0.25, -0.2) is 4.98 Å². The van der Waals surface area contributed by atoms with E-state index in [1.54, 1.807) is 18.4 Å². The summed E-state index contributed by atoms with van der Waals surface area (Å²) < 4.78 is 40.4. The molecular formula is C22H23F3N4O2. The third-order valence-corrected chi connectivity index (χ3v) is 4.68. The van der Waals surface area contributed by atoms with Crippen LogP contribution in [0.1, 0.15) is 25.2 Å². The van der Waals surface area contributed by atoms with E-state index in [0.717, 1.165) is 17.6 Å². The Balaban J connectivity index is 1.77. The summed E-state index contributed by atoms with van der Waals surface area (Å²) in [7, 11) is 0. The van der Waals surface area contributed by atoms with Gasteiger partial charge in [0.15, 0.2) is 0 Å². The van der Waals surface area contributed by atoms with Crippen molar-refractivity contribution in [2.45, 2.75) is 33.0 Å². The third-order valence-electron chi connectivity index (χ3n) is 4.68. The van der Waals surface area contributed by atoms with Crippen LogP contribution in [0.15, 0.2) is 48.5 Å². The van der Waals surface area contributed by atoms with Crippen molar-refractivity contribution in [2.75, 3.05) is 11.9 Å². The smallest absolute Gasteiger partial charge is 0.355 e. The van der Waals surface area contributed by atoms with Crippen LogP contribution in [-0.2, 0) is 28.7 Å². The standard InChI is InChI=1S/C22H23F3N4O2/c1-14(2)21(31)26-11-10-19-28-17-8-3-4-9-18(17)29(19)13-20(30)27-16-7-5-6-15(12-16)22(23,24)25/h3-9,12,14H,10-11,13H2,1-2H3,(H,26,31)(H,27,30). The lowest BCUT2D eigenvalue weighted by atomic mass is 10.2. The van der Waals surface area contributed by atoms with Crippen LogP contribution in [0.3, 0.4) is 0 Å². The number of hydrogen-bond donors (Lipinski definition) is 2. The van der Waals surface area contributed by atoms with E-state index in [1.807, 2.05) is 24.3 Å². The largest absolute Gasteiger partial charge is 0.416 e. The summed E-state index contributed by atoms with van der Waals surface area (Å²) in [5.74, 6) is -0.0959. The summed E-state index contributed by atoms with van der Waals surface area (Å²) >= 11 is 0. The fraction of sp³-hybridized carbons (Fsp3) is 0.318. The van der Waals surface area contributed by atoms with E-state index < -0.39 is 17.6 Å². The Morgan fingerprint density at radius 1 is 1.10 bits per heavy atom. The minimum atomic E-state index is -4.49. The molecule has 0 aliphatic carbocycles. The van der Waals surface area contributed by atoms with Gasteiger partial charge >= 0.3 is 6.18 Å². The average molecular weight is 432 g/mol. The molecule has 2 amide bonds. The van der Waals surface area contributed by atoms with Crippen molar-refractivity contribution in [1.82, 2.24) is 14.9 Å². The van der Waals surface area contributed by atoms with Crippen LogP contribution in [0.4, 0.5) is 18.9 Å². The summed E-state index contributed by atoms with van der Waals surface area (Å²) in [4.78, 5) is 28.9. The Hall–Kier alpha value is -3.36.